The predicted octanol–water partition coefficient (Wildman–Crippen LogP) is 3.75. The average Bonchev–Trinajstić information content (AvgIpc) is 2.55. The number of nitrogens with one attached hydrogen (secondary N) is 1. The van der Waals surface area contributed by atoms with Crippen molar-refractivity contribution in [3.8, 4) is 6.07 Å². The van der Waals surface area contributed by atoms with Crippen molar-refractivity contribution in [2.24, 2.45) is 0 Å². The molecule has 0 fully saturated rings. The van der Waals surface area contributed by atoms with Gasteiger partial charge in [0.1, 0.15) is 11.6 Å². The van der Waals surface area contributed by atoms with Gasteiger partial charge < -0.3 is 5.32 Å². The number of hydrogen-bond acceptors (Lipinski definition) is 4. The average molecular weight is 419 g/mol. The van der Waals surface area contributed by atoms with Crippen molar-refractivity contribution < 1.29 is 9.72 Å². The van der Waals surface area contributed by atoms with Gasteiger partial charge in [0, 0.05) is 15.7 Å². The molecule has 0 heterocycles. The number of nitrogens with zero attached hydrogens (tertiary/aromatic N) is 2. The molecule has 2 rings (SSSR count). The summed E-state index contributed by atoms with van der Waals surface area (Å²) in [6, 6.07) is 14.6. The highest BCUT2D eigenvalue weighted by Gasteiger charge is 2.11. The number of anilines is 1. The molecule has 0 aliphatic rings. The highest BCUT2D eigenvalue weighted by Crippen LogP contribution is 2.19. The zero-order valence-electron chi connectivity index (χ0n) is 11.7. The maximum atomic E-state index is 12.2. The number of benzene rings is 2. The number of carbonyl (C=O) groups excluding carboxylic acids is 1. The number of halogens is 1. The molecule has 0 aliphatic heterocycles. The van der Waals surface area contributed by atoms with Crippen LogP contribution < -0.4 is 5.32 Å². The zero-order valence-corrected chi connectivity index (χ0v) is 13.9. The minimum absolute atomic E-state index is 0.0519. The van der Waals surface area contributed by atoms with Crippen molar-refractivity contribution in [3.05, 3.63) is 73.4 Å². The van der Waals surface area contributed by atoms with Crippen molar-refractivity contribution >= 4 is 45.9 Å². The molecule has 7 heteroatoms. The molecule has 0 unspecified atom stereocenters. The Balaban J connectivity index is 2.21. The fraction of sp³-hybridized carbons (Fsp3) is 0. The van der Waals surface area contributed by atoms with E-state index < -0.39 is 10.8 Å². The van der Waals surface area contributed by atoms with Crippen LogP contribution in [0.3, 0.4) is 0 Å². The van der Waals surface area contributed by atoms with Crippen molar-refractivity contribution in [1.82, 2.24) is 0 Å². The van der Waals surface area contributed by atoms with Gasteiger partial charge in [-0.1, -0.05) is 12.1 Å². The number of para-hydroxylation sites is 1. The van der Waals surface area contributed by atoms with E-state index in [0.717, 1.165) is 3.57 Å². The number of carbonyl (C=O) groups is 1. The molecular weight excluding hydrogens is 409 g/mol. The van der Waals surface area contributed by atoms with E-state index in [1.807, 2.05) is 18.2 Å². The topological polar surface area (TPSA) is 96.0 Å². The summed E-state index contributed by atoms with van der Waals surface area (Å²) in [5.41, 5.74) is 1.01. The first-order valence-electron chi connectivity index (χ1n) is 6.43. The van der Waals surface area contributed by atoms with Gasteiger partial charge in [-0.05, 0) is 58.5 Å². The first-order valence-corrected chi connectivity index (χ1v) is 7.51. The van der Waals surface area contributed by atoms with Crippen LogP contribution in [-0.2, 0) is 4.79 Å². The van der Waals surface area contributed by atoms with Crippen LogP contribution in [0.15, 0.2) is 54.1 Å². The number of rotatable bonds is 4. The van der Waals surface area contributed by atoms with Crippen LogP contribution in [0.2, 0.25) is 0 Å². The zero-order chi connectivity index (χ0) is 16.8. The highest BCUT2D eigenvalue weighted by molar-refractivity contribution is 14.1. The Hall–Kier alpha value is -2.73. The lowest BCUT2D eigenvalue weighted by Crippen LogP contribution is -2.14. The predicted molar refractivity (Wildman–Crippen MR) is 94.5 cm³/mol. The van der Waals surface area contributed by atoms with E-state index in [2.05, 4.69) is 27.9 Å². The summed E-state index contributed by atoms with van der Waals surface area (Å²) in [5, 5.41) is 22.4. The number of nitro groups is 1. The van der Waals surface area contributed by atoms with E-state index in [1.54, 1.807) is 12.1 Å². The normalized spacial score (nSPS) is 10.7. The van der Waals surface area contributed by atoms with Gasteiger partial charge in [-0.25, -0.2) is 0 Å². The standard InChI is InChI=1S/C16H10IN3O3/c17-14-3-1-2-4-15(14)19-16(21)12(10-18)9-11-5-7-13(8-6-11)20(22)23/h1-9H,(H,19,21)/b12-9+. The first-order chi connectivity index (χ1) is 11.0. The first kappa shape index (κ1) is 16.6. The summed E-state index contributed by atoms with van der Waals surface area (Å²) >= 11 is 2.08. The summed E-state index contributed by atoms with van der Waals surface area (Å²) in [4.78, 5) is 22.3. The third kappa shape index (κ3) is 4.37. The van der Waals surface area contributed by atoms with Gasteiger partial charge in [0.15, 0.2) is 0 Å². The van der Waals surface area contributed by atoms with Gasteiger partial charge in [0.25, 0.3) is 11.6 Å². The Morgan fingerprint density at radius 3 is 2.43 bits per heavy atom. The van der Waals surface area contributed by atoms with Gasteiger partial charge >= 0.3 is 0 Å². The molecule has 6 nitrogen and oxygen atoms in total. The Bertz CT molecular complexity index is 823. The Kier molecular flexibility index (Phi) is 5.43. The molecule has 0 bridgehead atoms. The number of nitro benzene ring substituents is 1. The minimum Gasteiger partial charge on any atom is -0.320 e. The molecule has 114 valence electrons. The fourth-order valence-corrected chi connectivity index (χ4v) is 2.28. The Morgan fingerprint density at radius 2 is 1.87 bits per heavy atom. The minimum atomic E-state index is -0.532. The largest absolute Gasteiger partial charge is 0.320 e. The quantitative estimate of drug-likeness (QED) is 0.269. The SMILES string of the molecule is N#C/C(=C\c1ccc([N+](=O)[O-])cc1)C(=O)Nc1ccccc1I. The second-order valence-electron chi connectivity index (χ2n) is 4.45. The molecule has 0 aliphatic carbocycles. The molecule has 0 aromatic heterocycles. The monoisotopic (exact) mass is 419 g/mol. The lowest BCUT2D eigenvalue weighted by atomic mass is 10.1. The third-order valence-corrected chi connectivity index (χ3v) is 3.84. The summed E-state index contributed by atoms with van der Waals surface area (Å²) in [6.45, 7) is 0. The third-order valence-electron chi connectivity index (χ3n) is 2.90. The second kappa shape index (κ2) is 7.51. The lowest BCUT2D eigenvalue weighted by molar-refractivity contribution is -0.384. The van der Waals surface area contributed by atoms with Gasteiger partial charge in [-0.2, -0.15) is 5.26 Å². The van der Waals surface area contributed by atoms with E-state index in [-0.39, 0.29) is 11.3 Å². The summed E-state index contributed by atoms with van der Waals surface area (Å²) in [7, 11) is 0. The van der Waals surface area contributed by atoms with Crippen molar-refractivity contribution in [3.63, 3.8) is 0 Å². The fourth-order valence-electron chi connectivity index (χ4n) is 1.76. The van der Waals surface area contributed by atoms with E-state index in [1.165, 1.54) is 30.3 Å². The van der Waals surface area contributed by atoms with E-state index >= 15 is 0 Å². The molecule has 0 radical (unpaired) electrons. The lowest BCUT2D eigenvalue weighted by Gasteiger charge is -2.06. The molecule has 1 amide bonds. The maximum absolute atomic E-state index is 12.2. The molecule has 0 saturated heterocycles. The molecular formula is C16H10IN3O3. The number of nitriles is 1. The van der Waals surface area contributed by atoms with Crippen LogP contribution in [-0.4, -0.2) is 10.8 Å². The van der Waals surface area contributed by atoms with E-state index in [9.17, 15) is 14.9 Å². The molecule has 0 atom stereocenters. The summed E-state index contributed by atoms with van der Waals surface area (Å²) < 4.78 is 0.853. The molecule has 0 spiro atoms. The van der Waals surface area contributed by atoms with Crippen LogP contribution in [0.4, 0.5) is 11.4 Å². The van der Waals surface area contributed by atoms with Crippen molar-refractivity contribution in [1.29, 1.82) is 5.26 Å². The molecule has 23 heavy (non-hydrogen) atoms. The van der Waals surface area contributed by atoms with Crippen LogP contribution in [0.25, 0.3) is 6.08 Å². The van der Waals surface area contributed by atoms with Gasteiger partial charge in [0.05, 0.1) is 10.6 Å². The van der Waals surface area contributed by atoms with Gasteiger partial charge in [-0.15, -0.1) is 0 Å². The van der Waals surface area contributed by atoms with Crippen LogP contribution in [0.1, 0.15) is 5.56 Å². The molecule has 1 N–H and O–H groups in total. The van der Waals surface area contributed by atoms with Crippen molar-refractivity contribution in [2.45, 2.75) is 0 Å². The number of amides is 1. The Labute approximate surface area is 145 Å². The highest BCUT2D eigenvalue weighted by atomic mass is 127. The molecule has 0 saturated carbocycles. The van der Waals surface area contributed by atoms with Gasteiger partial charge in [0.2, 0.25) is 0 Å². The van der Waals surface area contributed by atoms with Crippen molar-refractivity contribution in [2.75, 3.05) is 5.32 Å². The van der Waals surface area contributed by atoms with E-state index in [0.29, 0.717) is 11.3 Å². The Morgan fingerprint density at radius 1 is 1.22 bits per heavy atom. The maximum Gasteiger partial charge on any atom is 0.269 e. The second-order valence-corrected chi connectivity index (χ2v) is 5.61. The smallest absolute Gasteiger partial charge is 0.269 e. The van der Waals surface area contributed by atoms with Crippen LogP contribution in [0.5, 0.6) is 0 Å². The number of non-ortho nitro benzene ring substituents is 1. The molecule has 2 aromatic carbocycles. The van der Waals surface area contributed by atoms with Crippen LogP contribution in [0, 0.1) is 25.0 Å². The van der Waals surface area contributed by atoms with Gasteiger partial charge in [-0.3, -0.25) is 14.9 Å². The van der Waals surface area contributed by atoms with Crippen LogP contribution >= 0.6 is 22.6 Å². The molecule has 2 aromatic rings. The number of hydrogen-bond donors (Lipinski definition) is 1. The summed E-state index contributed by atoms with van der Waals surface area (Å²) in [5.74, 6) is -0.532. The van der Waals surface area contributed by atoms with E-state index in [4.69, 9.17) is 5.26 Å². The summed E-state index contributed by atoms with van der Waals surface area (Å²) in [6.07, 6.45) is 1.38.